The zero-order valence-corrected chi connectivity index (χ0v) is 13.7. The lowest BCUT2D eigenvalue weighted by Gasteiger charge is -2.29. The molecule has 1 aliphatic rings. The lowest BCUT2D eigenvalue weighted by molar-refractivity contribution is -0.135. The molecular formula is C18H26N2O2. The molecule has 0 spiro atoms. The molecule has 120 valence electrons. The van der Waals surface area contributed by atoms with Crippen molar-refractivity contribution in [2.24, 2.45) is 17.3 Å². The maximum atomic E-state index is 12.4. The standard InChI is InChI=1S/C18H26N2O2/c1-18(2,3)14-12-20-17(22)15(14)16(21)19-11-7-10-13-8-5-4-6-9-13/h4-6,8-9,14-15H,7,10-12H2,1-3H3,(H,19,21)(H,20,22)/t14-,15-/m0/s1. The van der Waals surface area contributed by atoms with Crippen LogP contribution >= 0.6 is 0 Å². The Bertz CT molecular complexity index is 520. The number of benzene rings is 1. The van der Waals surface area contributed by atoms with Crippen LogP contribution in [-0.4, -0.2) is 24.9 Å². The minimum Gasteiger partial charge on any atom is -0.355 e. The number of rotatable bonds is 5. The molecule has 2 amide bonds. The summed E-state index contributed by atoms with van der Waals surface area (Å²) in [7, 11) is 0. The Morgan fingerprint density at radius 3 is 2.59 bits per heavy atom. The Kier molecular flexibility index (Phi) is 5.22. The summed E-state index contributed by atoms with van der Waals surface area (Å²) < 4.78 is 0. The molecule has 4 nitrogen and oxygen atoms in total. The minimum absolute atomic E-state index is 0.0501. The van der Waals surface area contributed by atoms with Crippen molar-refractivity contribution < 1.29 is 9.59 Å². The topological polar surface area (TPSA) is 58.2 Å². The van der Waals surface area contributed by atoms with Crippen LogP contribution in [0.4, 0.5) is 0 Å². The van der Waals surface area contributed by atoms with Crippen LogP contribution in [0.15, 0.2) is 30.3 Å². The highest BCUT2D eigenvalue weighted by molar-refractivity contribution is 6.02. The van der Waals surface area contributed by atoms with Crippen molar-refractivity contribution in [3.63, 3.8) is 0 Å². The highest BCUT2D eigenvalue weighted by Crippen LogP contribution is 2.35. The van der Waals surface area contributed by atoms with Gasteiger partial charge in [-0.15, -0.1) is 0 Å². The summed E-state index contributed by atoms with van der Waals surface area (Å²) in [4.78, 5) is 24.3. The highest BCUT2D eigenvalue weighted by Gasteiger charge is 2.45. The number of carbonyl (C=O) groups excluding carboxylic acids is 2. The summed E-state index contributed by atoms with van der Waals surface area (Å²) in [6, 6.07) is 10.2. The molecule has 0 radical (unpaired) electrons. The average molecular weight is 302 g/mol. The number of hydrogen-bond acceptors (Lipinski definition) is 2. The van der Waals surface area contributed by atoms with Gasteiger partial charge in [0.1, 0.15) is 5.92 Å². The van der Waals surface area contributed by atoms with E-state index in [1.54, 1.807) is 0 Å². The van der Waals surface area contributed by atoms with Crippen LogP contribution in [-0.2, 0) is 16.0 Å². The van der Waals surface area contributed by atoms with E-state index in [9.17, 15) is 9.59 Å². The van der Waals surface area contributed by atoms with Crippen molar-refractivity contribution >= 4 is 11.8 Å². The smallest absolute Gasteiger partial charge is 0.232 e. The van der Waals surface area contributed by atoms with Gasteiger partial charge in [-0.1, -0.05) is 51.1 Å². The summed E-state index contributed by atoms with van der Waals surface area (Å²) in [6.07, 6.45) is 1.81. The number of aryl methyl sites for hydroxylation is 1. The third kappa shape index (κ3) is 4.09. The van der Waals surface area contributed by atoms with Gasteiger partial charge in [-0.2, -0.15) is 0 Å². The molecule has 0 bridgehead atoms. The molecule has 1 fully saturated rings. The van der Waals surface area contributed by atoms with Crippen molar-refractivity contribution in [2.75, 3.05) is 13.1 Å². The molecule has 4 heteroatoms. The molecular weight excluding hydrogens is 276 g/mol. The zero-order valence-electron chi connectivity index (χ0n) is 13.7. The first kappa shape index (κ1) is 16.5. The van der Waals surface area contributed by atoms with Crippen molar-refractivity contribution in [2.45, 2.75) is 33.6 Å². The van der Waals surface area contributed by atoms with Crippen LogP contribution in [0.1, 0.15) is 32.8 Å². The summed E-state index contributed by atoms with van der Waals surface area (Å²) >= 11 is 0. The third-order valence-corrected chi connectivity index (χ3v) is 4.36. The van der Waals surface area contributed by atoms with Gasteiger partial charge < -0.3 is 10.6 Å². The van der Waals surface area contributed by atoms with E-state index in [1.807, 2.05) is 18.2 Å². The van der Waals surface area contributed by atoms with Gasteiger partial charge in [0.05, 0.1) is 0 Å². The molecule has 2 N–H and O–H groups in total. The molecule has 1 aliphatic heterocycles. The molecule has 2 atom stereocenters. The summed E-state index contributed by atoms with van der Waals surface area (Å²) in [5.41, 5.74) is 1.20. The van der Waals surface area contributed by atoms with Crippen molar-refractivity contribution in [3.05, 3.63) is 35.9 Å². The fourth-order valence-electron chi connectivity index (χ4n) is 2.99. The molecule has 22 heavy (non-hydrogen) atoms. The first-order valence-electron chi connectivity index (χ1n) is 7.99. The number of hydrogen-bond donors (Lipinski definition) is 2. The lowest BCUT2D eigenvalue weighted by Crippen LogP contribution is -2.41. The van der Waals surface area contributed by atoms with Crippen LogP contribution in [0, 0.1) is 17.3 Å². The van der Waals surface area contributed by atoms with E-state index in [4.69, 9.17) is 0 Å². The van der Waals surface area contributed by atoms with Gasteiger partial charge in [0.2, 0.25) is 11.8 Å². The second-order valence-corrected chi connectivity index (χ2v) is 7.08. The van der Waals surface area contributed by atoms with Crippen molar-refractivity contribution in [3.8, 4) is 0 Å². The molecule has 0 aromatic heterocycles. The van der Waals surface area contributed by atoms with E-state index >= 15 is 0 Å². The molecule has 1 aromatic carbocycles. The van der Waals surface area contributed by atoms with Crippen LogP contribution in [0.25, 0.3) is 0 Å². The summed E-state index contributed by atoms with van der Waals surface area (Å²) in [5.74, 6) is -0.783. The highest BCUT2D eigenvalue weighted by atomic mass is 16.2. The monoisotopic (exact) mass is 302 g/mol. The largest absolute Gasteiger partial charge is 0.355 e. The fourth-order valence-corrected chi connectivity index (χ4v) is 2.99. The number of amides is 2. The first-order valence-corrected chi connectivity index (χ1v) is 7.99. The van der Waals surface area contributed by atoms with E-state index < -0.39 is 5.92 Å². The van der Waals surface area contributed by atoms with Crippen LogP contribution in [0.3, 0.4) is 0 Å². The van der Waals surface area contributed by atoms with Crippen molar-refractivity contribution in [1.29, 1.82) is 0 Å². The Morgan fingerprint density at radius 1 is 1.27 bits per heavy atom. The molecule has 0 aliphatic carbocycles. The Labute approximate surface area is 132 Å². The predicted octanol–water partition coefficient (Wildman–Crippen LogP) is 2.14. The van der Waals surface area contributed by atoms with Crippen LogP contribution in [0.2, 0.25) is 0 Å². The molecule has 1 saturated heterocycles. The molecule has 0 unspecified atom stereocenters. The first-order chi connectivity index (χ1) is 10.4. The van der Waals surface area contributed by atoms with Crippen molar-refractivity contribution in [1.82, 2.24) is 10.6 Å². The van der Waals surface area contributed by atoms with E-state index in [-0.39, 0.29) is 23.1 Å². The minimum atomic E-state index is -0.559. The number of nitrogens with one attached hydrogen (secondary N) is 2. The quantitative estimate of drug-likeness (QED) is 0.647. The van der Waals surface area contributed by atoms with Gasteiger partial charge in [-0.3, -0.25) is 9.59 Å². The molecule has 2 rings (SSSR count). The molecule has 1 heterocycles. The maximum absolute atomic E-state index is 12.4. The molecule has 0 saturated carbocycles. The summed E-state index contributed by atoms with van der Waals surface area (Å²) in [6.45, 7) is 7.42. The van der Waals surface area contributed by atoms with Gasteiger partial charge in [0, 0.05) is 19.0 Å². The van der Waals surface area contributed by atoms with E-state index in [1.165, 1.54) is 5.56 Å². The Hall–Kier alpha value is -1.84. The Morgan fingerprint density at radius 2 is 1.95 bits per heavy atom. The zero-order chi connectivity index (χ0) is 16.2. The van der Waals surface area contributed by atoms with E-state index in [0.717, 1.165) is 12.8 Å². The van der Waals surface area contributed by atoms with E-state index in [0.29, 0.717) is 13.1 Å². The maximum Gasteiger partial charge on any atom is 0.232 e. The fraction of sp³-hybridized carbons (Fsp3) is 0.556. The summed E-state index contributed by atoms with van der Waals surface area (Å²) in [5, 5.41) is 5.75. The normalized spacial score (nSPS) is 21.5. The second-order valence-electron chi connectivity index (χ2n) is 7.08. The SMILES string of the molecule is CC(C)(C)[C@H]1CNC(=O)[C@@H]1C(=O)NCCCc1ccccc1. The predicted molar refractivity (Wildman–Crippen MR) is 87.2 cm³/mol. The lowest BCUT2D eigenvalue weighted by atomic mass is 9.74. The van der Waals surface area contributed by atoms with Gasteiger partial charge in [0.25, 0.3) is 0 Å². The van der Waals surface area contributed by atoms with Crippen LogP contribution < -0.4 is 10.6 Å². The second kappa shape index (κ2) is 6.95. The number of carbonyl (C=O) groups is 2. The third-order valence-electron chi connectivity index (χ3n) is 4.36. The molecule has 1 aromatic rings. The van der Waals surface area contributed by atoms with Gasteiger partial charge >= 0.3 is 0 Å². The van der Waals surface area contributed by atoms with Gasteiger partial charge in [-0.05, 0) is 23.8 Å². The van der Waals surface area contributed by atoms with Gasteiger partial charge in [0.15, 0.2) is 0 Å². The van der Waals surface area contributed by atoms with Gasteiger partial charge in [-0.25, -0.2) is 0 Å². The Balaban J connectivity index is 1.82. The van der Waals surface area contributed by atoms with E-state index in [2.05, 4.69) is 43.5 Å². The average Bonchev–Trinajstić information content (AvgIpc) is 2.86. The van der Waals surface area contributed by atoms with Crippen LogP contribution in [0.5, 0.6) is 0 Å².